The van der Waals surface area contributed by atoms with Crippen LogP contribution >= 0.6 is 0 Å². The first kappa shape index (κ1) is 25.1. The Morgan fingerprint density at radius 1 is 1.11 bits per heavy atom. The zero-order chi connectivity index (χ0) is 25.1. The summed E-state index contributed by atoms with van der Waals surface area (Å²) in [5.74, 6) is 0.904. The SMILES string of the molecule is CCC[C@H](c1nnnn1C[C@H]1CCCO1)N(Cc1cc2cc(C)c(C)cc2[nH]c1=O)C1CCCCC1. The van der Waals surface area contributed by atoms with Crippen molar-refractivity contribution in [1.29, 1.82) is 0 Å². The van der Waals surface area contributed by atoms with Gasteiger partial charge in [-0.2, -0.15) is 0 Å². The summed E-state index contributed by atoms with van der Waals surface area (Å²) < 4.78 is 7.85. The van der Waals surface area contributed by atoms with E-state index in [1.165, 1.54) is 30.4 Å². The molecule has 8 nitrogen and oxygen atoms in total. The monoisotopic (exact) mass is 492 g/mol. The zero-order valence-electron chi connectivity index (χ0n) is 22.0. The minimum Gasteiger partial charge on any atom is -0.376 e. The predicted octanol–water partition coefficient (Wildman–Crippen LogP) is 4.99. The van der Waals surface area contributed by atoms with Gasteiger partial charge in [-0.3, -0.25) is 9.69 Å². The molecule has 1 saturated carbocycles. The molecule has 2 aliphatic rings. The third-order valence-corrected chi connectivity index (χ3v) is 8.15. The molecule has 1 aliphatic heterocycles. The third kappa shape index (κ3) is 5.39. The van der Waals surface area contributed by atoms with Crippen molar-refractivity contribution < 1.29 is 4.74 Å². The van der Waals surface area contributed by atoms with E-state index in [-0.39, 0.29) is 17.7 Å². The molecular formula is C28H40N6O2. The van der Waals surface area contributed by atoms with E-state index in [1.54, 1.807) is 0 Å². The maximum absolute atomic E-state index is 13.3. The number of nitrogens with zero attached hydrogens (tertiary/aromatic N) is 5. The molecule has 0 spiro atoms. The van der Waals surface area contributed by atoms with Gasteiger partial charge in [-0.05, 0) is 91.1 Å². The van der Waals surface area contributed by atoms with E-state index < -0.39 is 0 Å². The Labute approximate surface area is 213 Å². The summed E-state index contributed by atoms with van der Waals surface area (Å²) in [5.41, 5.74) is 4.15. The molecule has 36 heavy (non-hydrogen) atoms. The van der Waals surface area contributed by atoms with Crippen LogP contribution in [0.1, 0.15) is 93.3 Å². The normalized spacial score (nSPS) is 19.9. The van der Waals surface area contributed by atoms with Gasteiger partial charge in [-0.1, -0.05) is 32.6 Å². The molecule has 1 aliphatic carbocycles. The molecule has 2 fully saturated rings. The molecule has 1 N–H and O–H groups in total. The van der Waals surface area contributed by atoms with Gasteiger partial charge in [0.2, 0.25) is 0 Å². The summed E-state index contributed by atoms with van der Waals surface area (Å²) in [6.45, 7) is 8.53. The lowest BCUT2D eigenvalue weighted by molar-refractivity contribution is 0.0713. The molecule has 0 amide bonds. The summed E-state index contributed by atoms with van der Waals surface area (Å²) >= 11 is 0. The first-order chi connectivity index (χ1) is 17.5. The highest BCUT2D eigenvalue weighted by Gasteiger charge is 2.33. The number of benzene rings is 1. The number of pyridine rings is 1. The van der Waals surface area contributed by atoms with Crippen molar-refractivity contribution in [1.82, 2.24) is 30.1 Å². The Morgan fingerprint density at radius 3 is 2.67 bits per heavy atom. The van der Waals surface area contributed by atoms with Crippen LogP contribution in [0.2, 0.25) is 0 Å². The number of aromatic amines is 1. The fourth-order valence-electron chi connectivity index (χ4n) is 6.02. The minimum atomic E-state index is 0.000702. The van der Waals surface area contributed by atoms with Crippen LogP contribution in [0, 0.1) is 13.8 Å². The predicted molar refractivity (Wildman–Crippen MR) is 141 cm³/mol. The van der Waals surface area contributed by atoms with Crippen molar-refractivity contribution in [2.24, 2.45) is 0 Å². The maximum Gasteiger partial charge on any atom is 0.252 e. The third-order valence-electron chi connectivity index (χ3n) is 8.15. The van der Waals surface area contributed by atoms with Crippen molar-refractivity contribution in [2.45, 2.75) is 110 Å². The number of fused-ring (bicyclic) bond motifs is 1. The first-order valence-corrected chi connectivity index (χ1v) is 13.8. The van der Waals surface area contributed by atoms with Gasteiger partial charge in [0, 0.05) is 30.3 Å². The molecule has 0 radical (unpaired) electrons. The average Bonchev–Trinajstić information content (AvgIpc) is 3.56. The van der Waals surface area contributed by atoms with Crippen molar-refractivity contribution in [3.8, 4) is 0 Å². The summed E-state index contributed by atoms with van der Waals surface area (Å²) in [6, 6.07) is 6.83. The molecule has 1 saturated heterocycles. The van der Waals surface area contributed by atoms with E-state index in [1.807, 2.05) is 4.68 Å². The molecule has 194 valence electrons. The van der Waals surface area contributed by atoms with E-state index in [0.29, 0.717) is 19.1 Å². The zero-order valence-corrected chi connectivity index (χ0v) is 22.0. The van der Waals surface area contributed by atoms with Crippen LogP contribution in [0.15, 0.2) is 23.0 Å². The van der Waals surface area contributed by atoms with Crippen LogP contribution in [0.4, 0.5) is 0 Å². The fraction of sp³-hybridized carbons (Fsp3) is 0.643. The molecule has 0 bridgehead atoms. The molecule has 3 heterocycles. The van der Waals surface area contributed by atoms with E-state index in [9.17, 15) is 4.79 Å². The Hall–Kier alpha value is -2.58. The summed E-state index contributed by atoms with van der Waals surface area (Å²) in [6.07, 6.45) is 10.3. The second kappa shape index (κ2) is 11.2. The Bertz CT molecular complexity index is 1220. The number of H-pyrrole nitrogens is 1. The van der Waals surface area contributed by atoms with Crippen molar-refractivity contribution >= 4 is 10.9 Å². The van der Waals surface area contributed by atoms with Gasteiger partial charge in [-0.25, -0.2) is 4.68 Å². The second-order valence-corrected chi connectivity index (χ2v) is 10.8. The van der Waals surface area contributed by atoms with Crippen LogP contribution in [-0.2, 0) is 17.8 Å². The lowest BCUT2D eigenvalue weighted by Crippen LogP contribution is -2.41. The quantitative estimate of drug-likeness (QED) is 0.453. The van der Waals surface area contributed by atoms with E-state index in [4.69, 9.17) is 4.74 Å². The van der Waals surface area contributed by atoms with Crippen LogP contribution in [0.25, 0.3) is 10.9 Å². The topological polar surface area (TPSA) is 88.9 Å². The lowest BCUT2D eigenvalue weighted by Gasteiger charge is -2.39. The minimum absolute atomic E-state index is 0.000702. The Balaban J connectivity index is 1.51. The Kier molecular flexibility index (Phi) is 7.82. The van der Waals surface area contributed by atoms with Gasteiger partial charge in [0.15, 0.2) is 5.82 Å². The van der Waals surface area contributed by atoms with E-state index >= 15 is 0 Å². The van der Waals surface area contributed by atoms with Gasteiger partial charge in [0.1, 0.15) is 0 Å². The summed E-state index contributed by atoms with van der Waals surface area (Å²) in [5, 5.41) is 14.1. The molecule has 1 aromatic carbocycles. The van der Waals surface area contributed by atoms with Gasteiger partial charge < -0.3 is 9.72 Å². The van der Waals surface area contributed by atoms with Gasteiger partial charge in [0.05, 0.1) is 18.7 Å². The number of aromatic nitrogens is 5. The fourth-order valence-corrected chi connectivity index (χ4v) is 6.02. The van der Waals surface area contributed by atoms with Crippen LogP contribution in [-0.4, -0.2) is 48.8 Å². The first-order valence-electron chi connectivity index (χ1n) is 13.8. The van der Waals surface area contributed by atoms with E-state index in [2.05, 4.69) is 64.4 Å². The van der Waals surface area contributed by atoms with Crippen LogP contribution in [0.3, 0.4) is 0 Å². The lowest BCUT2D eigenvalue weighted by atomic mass is 9.91. The number of hydrogen-bond donors (Lipinski definition) is 1. The summed E-state index contributed by atoms with van der Waals surface area (Å²) in [4.78, 5) is 19.0. The van der Waals surface area contributed by atoms with Gasteiger partial charge in [0.25, 0.3) is 5.56 Å². The van der Waals surface area contributed by atoms with Gasteiger partial charge in [-0.15, -0.1) is 5.10 Å². The number of aryl methyl sites for hydroxylation is 2. The number of ether oxygens (including phenoxy) is 1. The molecule has 0 unspecified atom stereocenters. The summed E-state index contributed by atoms with van der Waals surface area (Å²) in [7, 11) is 0. The molecule has 8 heteroatoms. The standard InChI is InChI=1S/C28H40N6O2/c1-4-9-26(27-30-31-32-34(27)18-24-12-8-13-36-24)33(23-10-6-5-7-11-23)17-22-16-21-14-19(2)20(3)15-25(21)29-28(22)35/h14-16,23-24,26H,4-13,17-18H2,1-3H3,(H,29,35)/t24-,26-/m1/s1. The highest BCUT2D eigenvalue weighted by Crippen LogP contribution is 2.34. The van der Waals surface area contributed by atoms with E-state index in [0.717, 1.165) is 67.4 Å². The second-order valence-electron chi connectivity index (χ2n) is 10.8. The average molecular weight is 493 g/mol. The van der Waals surface area contributed by atoms with Crippen LogP contribution < -0.4 is 5.56 Å². The van der Waals surface area contributed by atoms with Crippen molar-refractivity contribution in [3.05, 3.63) is 51.1 Å². The number of nitrogens with one attached hydrogen (secondary N) is 1. The largest absolute Gasteiger partial charge is 0.376 e. The Morgan fingerprint density at radius 2 is 1.92 bits per heavy atom. The number of tetrazole rings is 1. The molecule has 2 aromatic heterocycles. The van der Waals surface area contributed by atoms with Gasteiger partial charge >= 0.3 is 0 Å². The number of rotatable bonds is 9. The smallest absolute Gasteiger partial charge is 0.252 e. The van der Waals surface area contributed by atoms with Crippen LogP contribution in [0.5, 0.6) is 0 Å². The molecule has 2 atom stereocenters. The highest BCUT2D eigenvalue weighted by atomic mass is 16.5. The number of hydrogen-bond acceptors (Lipinski definition) is 6. The maximum atomic E-state index is 13.3. The highest BCUT2D eigenvalue weighted by molar-refractivity contribution is 5.80. The molecule has 3 aromatic rings. The molecular weight excluding hydrogens is 452 g/mol. The molecule has 5 rings (SSSR count). The van der Waals surface area contributed by atoms with Crippen molar-refractivity contribution in [3.63, 3.8) is 0 Å². The van der Waals surface area contributed by atoms with Crippen molar-refractivity contribution in [2.75, 3.05) is 6.61 Å².